The first kappa shape index (κ1) is 12.3. The standard InChI is InChI=1S/C14H6BrNO2S2/c15-7-1-3-9-12(5-7)20-14-10-6-8(16(17)18)2-4-11(10)19-13(9)14/h1-6H. The average Bonchev–Trinajstić information content (AvgIpc) is 2.93. The Bertz CT molecular complexity index is 1000. The van der Waals surface area contributed by atoms with Crippen molar-refractivity contribution in [1.29, 1.82) is 0 Å². The Morgan fingerprint density at radius 2 is 1.70 bits per heavy atom. The number of non-ortho nitro benzene ring substituents is 1. The lowest BCUT2D eigenvalue weighted by Crippen LogP contribution is -1.85. The van der Waals surface area contributed by atoms with Crippen LogP contribution >= 0.6 is 38.6 Å². The van der Waals surface area contributed by atoms with Gasteiger partial charge in [-0.3, -0.25) is 10.1 Å². The predicted octanol–water partition coefficient (Wildman–Crippen LogP) is 5.94. The molecule has 20 heavy (non-hydrogen) atoms. The van der Waals surface area contributed by atoms with Crippen molar-refractivity contribution in [3.8, 4) is 0 Å². The van der Waals surface area contributed by atoms with Crippen LogP contribution in [0.25, 0.3) is 29.6 Å². The maximum Gasteiger partial charge on any atom is 0.270 e. The fraction of sp³-hybridized carbons (Fsp3) is 0. The van der Waals surface area contributed by atoms with Crippen LogP contribution in [0.4, 0.5) is 5.69 Å². The highest BCUT2D eigenvalue weighted by molar-refractivity contribution is 9.10. The molecule has 2 heterocycles. The van der Waals surface area contributed by atoms with Crippen molar-refractivity contribution in [2.45, 2.75) is 0 Å². The van der Waals surface area contributed by atoms with Crippen molar-refractivity contribution in [2.24, 2.45) is 0 Å². The van der Waals surface area contributed by atoms with Crippen LogP contribution in [-0.4, -0.2) is 4.92 Å². The zero-order valence-electron chi connectivity index (χ0n) is 9.92. The molecule has 0 aliphatic carbocycles. The third kappa shape index (κ3) is 1.69. The molecule has 0 radical (unpaired) electrons. The molecule has 4 aromatic rings. The van der Waals surface area contributed by atoms with Gasteiger partial charge in [-0.2, -0.15) is 0 Å². The summed E-state index contributed by atoms with van der Waals surface area (Å²) < 4.78 is 5.71. The molecule has 0 saturated carbocycles. The van der Waals surface area contributed by atoms with Gasteiger partial charge < -0.3 is 0 Å². The van der Waals surface area contributed by atoms with E-state index in [-0.39, 0.29) is 10.6 Å². The van der Waals surface area contributed by atoms with Crippen LogP contribution in [-0.2, 0) is 0 Å². The zero-order chi connectivity index (χ0) is 13.9. The number of thiophene rings is 2. The van der Waals surface area contributed by atoms with Crippen molar-refractivity contribution in [2.75, 3.05) is 0 Å². The van der Waals surface area contributed by atoms with Crippen LogP contribution in [0.5, 0.6) is 0 Å². The summed E-state index contributed by atoms with van der Waals surface area (Å²) in [5.41, 5.74) is 0.149. The minimum Gasteiger partial charge on any atom is -0.258 e. The Morgan fingerprint density at radius 3 is 2.50 bits per heavy atom. The molecular weight excluding hydrogens is 358 g/mol. The second-order valence-electron chi connectivity index (χ2n) is 4.44. The largest absolute Gasteiger partial charge is 0.270 e. The van der Waals surface area contributed by atoms with E-state index in [1.165, 1.54) is 14.8 Å². The van der Waals surface area contributed by atoms with Gasteiger partial charge in [0.2, 0.25) is 0 Å². The second-order valence-corrected chi connectivity index (χ2v) is 7.46. The van der Waals surface area contributed by atoms with Crippen molar-refractivity contribution in [1.82, 2.24) is 0 Å². The molecule has 6 heteroatoms. The summed E-state index contributed by atoms with van der Waals surface area (Å²) in [5.74, 6) is 0. The van der Waals surface area contributed by atoms with Crippen molar-refractivity contribution in [3.05, 3.63) is 51.0 Å². The second kappa shape index (κ2) is 4.25. The Kier molecular flexibility index (Phi) is 2.60. The molecule has 0 aliphatic heterocycles. The third-order valence-corrected chi connectivity index (χ3v) is 6.25. The number of hydrogen-bond acceptors (Lipinski definition) is 4. The zero-order valence-corrected chi connectivity index (χ0v) is 13.1. The van der Waals surface area contributed by atoms with E-state index in [2.05, 4.69) is 28.1 Å². The molecule has 0 saturated heterocycles. The Hall–Kier alpha value is -1.50. The smallest absolute Gasteiger partial charge is 0.258 e. The average molecular weight is 364 g/mol. The minimum absolute atomic E-state index is 0.149. The quantitative estimate of drug-likeness (QED) is 0.310. The first-order valence-corrected chi connectivity index (χ1v) is 8.25. The number of nitro groups is 1. The van der Waals surface area contributed by atoms with E-state index in [0.29, 0.717) is 0 Å². The van der Waals surface area contributed by atoms with Gasteiger partial charge in [-0.1, -0.05) is 22.0 Å². The van der Waals surface area contributed by atoms with Crippen LogP contribution in [0.15, 0.2) is 40.9 Å². The SMILES string of the molecule is O=[N+]([O-])c1ccc2sc3c4ccc(Br)cc4sc3c2c1. The number of nitrogens with zero attached hydrogens (tertiary/aromatic N) is 1. The van der Waals surface area contributed by atoms with Crippen LogP contribution in [0.2, 0.25) is 0 Å². The first-order valence-electron chi connectivity index (χ1n) is 5.82. The molecule has 2 aromatic carbocycles. The van der Waals surface area contributed by atoms with E-state index in [1.54, 1.807) is 34.8 Å². The summed E-state index contributed by atoms with van der Waals surface area (Å²) in [6.07, 6.45) is 0. The van der Waals surface area contributed by atoms with E-state index in [0.717, 1.165) is 19.3 Å². The maximum absolute atomic E-state index is 10.9. The molecule has 0 spiro atoms. The van der Waals surface area contributed by atoms with Gasteiger partial charge in [-0.15, -0.1) is 22.7 Å². The molecule has 4 rings (SSSR count). The maximum atomic E-state index is 10.9. The van der Waals surface area contributed by atoms with Crippen LogP contribution in [0.3, 0.4) is 0 Å². The van der Waals surface area contributed by atoms with Gasteiger partial charge in [0.15, 0.2) is 0 Å². The van der Waals surface area contributed by atoms with E-state index in [4.69, 9.17) is 0 Å². The number of nitro benzene ring substituents is 1. The molecule has 0 N–H and O–H groups in total. The Balaban J connectivity index is 2.16. The van der Waals surface area contributed by atoms with Gasteiger partial charge in [0.05, 0.1) is 14.3 Å². The van der Waals surface area contributed by atoms with Crippen molar-refractivity contribution >= 4 is 73.9 Å². The number of hydrogen-bond donors (Lipinski definition) is 0. The summed E-state index contributed by atoms with van der Waals surface area (Å²) in [6, 6.07) is 11.3. The Labute approximate surface area is 129 Å². The van der Waals surface area contributed by atoms with Gasteiger partial charge in [-0.25, -0.2) is 0 Å². The predicted molar refractivity (Wildman–Crippen MR) is 89.1 cm³/mol. The van der Waals surface area contributed by atoms with E-state index in [1.807, 2.05) is 12.1 Å². The molecule has 3 nitrogen and oxygen atoms in total. The molecule has 2 aromatic heterocycles. The molecule has 98 valence electrons. The van der Waals surface area contributed by atoms with Gasteiger partial charge in [-0.05, 0) is 18.2 Å². The summed E-state index contributed by atoms with van der Waals surface area (Å²) in [4.78, 5) is 10.6. The van der Waals surface area contributed by atoms with Gasteiger partial charge in [0, 0.05) is 36.8 Å². The van der Waals surface area contributed by atoms with Gasteiger partial charge in [0.1, 0.15) is 0 Å². The number of rotatable bonds is 1. The van der Waals surface area contributed by atoms with E-state index < -0.39 is 0 Å². The van der Waals surface area contributed by atoms with Gasteiger partial charge in [0.25, 0.3) is 5.69 Å². The summed E-state index contributed by atoms with van der Waals surface area (Å²) in [5, 5.41) is 13.1. The fourth-order valence-electron chi connectivity index (χ4n) is 2.33. The lowest BCUT2D eigenvalue weighted by molar-refractivity contribution is -0.384. The number of benzene rings is 2. The fourth-order valence-corrected chi connectivity index (χ4v) is 5.51. The van der Waals surface area contributed by atoms with E-state index in [9.17, 15) is 10.1 Å². The lowest BCUT2D eigenvalue weighted by Gasteiger charge is -1.92. The van der Waals surface area contributed by atoms with Crippen molar-refractivity contribution in [3.63, 3.8) is 0 Å². The number of halogens is 1. The normalized spacial score (nSPS) is 11.7. The lowest BCUT2D eigenvalue weighted by atomic mass is 10.2. The first-order chi connectivity index (χ1) is 9.63. The van der Waals surface area contributed by atoms with Gasteiger partial charge >= 0.3 is 0 Å². The topological polar surface area (TPSA) is 43.1 Å². The highest BCUT2D eigenvalue weighted by atomic mass is 79.9. The van der Waals surface area contributed by atoms with Crippen molar-refractivity contribution < 1.29 is 4.92 Å². The van der Waals surface area contributed by atoms with Crippen LogP contribution in [0, 0.1) is 10.1 Å². The molecule has 0 amide bonds. The van der Waals surface area contributed by atoms with Crippen LogP contribution < -0.4 is 0 Å². The molecule has 0 fully saturated rings. The summed E-state index contributed by atoms with van der Waals surface area (Å²) >= 11 is 6.87. The monoisotopic (exact) mass is 363 g/mol. The van der Waals surface area contributed by atoms with E-state index >= 15 is 0 Å². The van der Waals surface area contributed by atoms with Crippen LogP contribution in [0.1, 0.15) is 0 Å². The highest BCUT2D eigenvalue weighted by Gasteiger charge is 2.15. The highest BCUT2D eigenvalue weighted by Crippen LogP contribution is 2.45. The molecule has 0 bridgehead atoms. The summed E-state index contributed by atoms with van der Waals surface area (Å²) in [7, 11) is 0. The summed E-state index contributed by atoms with van der Waals surface area (Å²) in [6.45, 7) is 0. The number of fused-ring (bicyclic) bond motifs is 5. The molecular formula is C14H6BrNO2S2. The molecule has 0 unspecified atom stereocenters. The molecule has 0 aliphatic rings. The minimum atomic E-state index is -0.340. The third-order valence-electron chi connectivity index (χ3n) is 3.24. The molecule has 0 atom stereocenters. The Morgan fingerprint density at radius 1 is 0.950 bits per heavy atom.